The molecule has 9 aromatic carbocycles. The molecule has 12 rings (SSSR count). The van der Waals surface area contributed by atoms with Crippen LogP contribution in [0.4, 0.5) is 0 Å². The predicted octanol–water partition coefficient (Wildman–Crippen LogP) is 13.5. The molecule has 12 aromatic rings. The monoisotopic (exact) mass is 685 g/mol. The Morgan fingerprint density at radius 2 is 0.833 bits per heavy atom. The first-order chi connectivity index (χ1) is 26.8. The summed E-state index contributed by atoms with van der Waals surface area (Å²) in [6.07, 6.45) is 0. The summed E-state index contributed by atoms with van der Waals surface area (Å²) in [5.74, 6) is 0. The standard InChI is InChI=1S/C51H31N3/c1-2-16-32(17-3-1)47-37-22-7-9-24-39(37)48(40-25-10-8-23-38(40)47)41-30-31-46(35-20-6-4-18-33(35)41)53-45-29-15-13-27-43(45)49-51(53)54-44-28-14-12-21-36(44)34-19-5-11-26-42(34)50(54)52-49/h1-31H. The molecule has 0 N–H and O–H groups in total. The number of benzene rings is 9. The van der Waals surface area contributed by atoms with E-state index in [1.54, 1.807) is 0 Å². The van der Waals surface area contributed by atoms with Gasteiger partial charge in [0.05, 0.1) is 16.7 Å². The van der Waals surface area contributed by atoms with Gasteiger partial charge in [-0.3, -0.25) is 8.97 Å². The van der Waals surface area contributed by atoms with Crippen molar-refractivity contribution in [3.8, 4) is 27.9 Å². The molecule has 0 unspecified atom stereocenters. The Morgan fingerprint density at radius 1 is 0.333 bits per heavy atom. The van der Waals surface area contributed by atoms with Crippen molar-refractivity contribution in [1.29, 1.82) is 0 Å². The maximum absolute atomic E-state index is 5.46. The summed E-state index contributed by atoms with van der Waals surface area (Å²) in [5, 5.41) is 12.2. The predicted molar refractivity (Wildman–Crippen MR) is 228 cm³/mol. The summed E-state index contributed by atoms with van der Waals surface area (Å²) in [7, 11) is 0. The van der Waals surface area contributed by atoms with E-state index in [4.69, 9.17) is 4.98 Å². The summed E-state index contributed by atoms with van der Waals surface area (Å²) in [4.78, 5) is 5.46. The number of aromatic nitrogens is 3. The Hall–Kier alpha value is -7.23. The van der Waals surface area contributed by atoms with Crippen molar-refractivity contribution in [2.24, 2.45) is 0 Å². The van der Waals surface area contributed by atoms with E-state index < -0.39 is 0 Å². The second-order valence-corrected chi connectivity index (χ2v) is 14.2. The van der Waals surface area contributed by atoms with Gasteiger partial charge in [-0.1, -0.05) is 170 Å². The second-order valence-electron chi connectivity index (χ2n) is 14.2. The molecule has 3 aromatic heterocycles. The molecule has 3 heteroatoms. The van der Waals surface area contributed by atoms with E-state index >= 15 is 0 Å². The number of para-hydroxylation sites is 2. The number of pyridine rings is 1. The smallest absolute Gasteiger partial charge is 0.151 e. The molecule has 0 fully saturated rings. The van der Waals surface area contributed by atoms with Crippen LogP contribution < -0.4 is 0 Å². The van der Waals surface area contributed by atoms with Gasteiger partial charge in [0.2, 0.25) is 0 Å². The molecule has 0 radical (unpaired) electrons. The van der Waals surface area contributed by atoms with Crippen LogP contribution in [0.5, 0.6) is 0 Å². The van der Waals surface area contributed by atoms with Crippen molar-refractivity contribution in [3.63, 3.8) is 0 Å². The van der Waals surface area contributed by atoms with Crippen molar-refractivity contribution >= 4 is 81.7 Å². The van der Waals surface area contributed by atoms with E-state index in [2.05, 4.69) is 197 Å². The van der Waals surface area contributed by atoms with E-state index in [1.165, 1.54) is 65.3 Å². The topological polar surface area (TPSA) is 22.2 Å². The van der Waals surface area contributed by atoms with Gasteiger partial charge in [0.15, 0.2) is 5.65 Å². The number of hydrogen-bond acceptors (Lipinski definition) is 1. The molecule has 0 aliphatic heterocycles. The molecule has 3 heterocycles. The van der Waals surface area contributed by atoms with Crippen molar-refractivity contribution in [2.45, 2.75) is 0 Å². The van der Waals surface area contributed by atoms with Crippen molar-refractivity contribution in [3.05, 3.63) is 188 Å². The fourth-order valence-electron chi connectivity index (χ4n) is 9.27. The van der Waals surface area contributed by atoms with Crippen LogP contribution in [0.15, 0.2) is 188 Å². The van der Waals surface area contributed by atoms with Gasteiger partial charge in [-0.05, 0) is 72.8 Å². The lowest BCUT2D eigenvalue weighted by molar-refractivity contribution is 1.13. The SMILES string of the molecule is c1ccc(-c2c3ccccc3c(-c3ccc(-n4c5ccccc5c5nc6c7ccccc7c7ccccc7n6c54)c4ccccc34)c3ccccc23)cc1. The molecule has 0 aliphatic rings. The zero-order valence-electron chi connectivity index (χ0n) is 29.2. The fourth-order valence-corrected chi connectivity index (χ4v) is 9.27. The highest BCUT2D eigenvalue weighted by Crippen LogP contribution is 2.47. The molecule has 0 aliphatic carbocycles. The van der Waals surface area contributed by atoms with Gasteiger partial charge in [0.1, 0.15) is 11.2 Å². The first-order valence-electron chi connectivity index (χ1n) is 18.6. The number of nitrogens with zero attached hydrogens (tertiary/aromatic N) is 3. The Kier molecular flexibility index (Phi) is 6.05. The molecule has 3 nitrogen and oxygen atoms in total. The van der Waals surface area contributed by atoms with Crippen molar-refractivity contribution in [2.75, 3.05) is 0 Å². The Balaban J connectivity index is 1.22. The number of fused-ring (bicyclic) bond motifs is 13. The Bertz CT molecular complexity index is 3440. The minimum absolute atomic E-state index is 0.978. The number of hydrogen-bond donors (Lipinski definition) is 0. The Morgan fingerprint density at radius 3 is 1.52 bits per heavy atom. The number of imidazole rings is 1. The maximum Gasteiger partial charge on any atom is 0.151 e. The Labute approximate surface area is 310 Å². The largest absolute Gasteiger partial charge is 0.293 e. The van der Waals surface area contributed by atoms with Gasteiger partial charge >= 0.3 is 0 Å². The average Bonchev–Trinajstić information content (AvgIpc) is 3.79. The van der Waals surface area contributed by atoms with Gasteiger partial charge in [-0.25, -0.2) is 4.98 Å². The van der Waals surface area contributed by atoms with Crippen LogP contribution in [0, 0.1) is 0 Å². The third-order valence-electron chi connectivity index (χ3n) is 11.5. The fraction of sp³-hybridized carbons (Fsp3) is 0. The molecular weight excluding hydrogens is 655 g/mol. The van der Waals surface area contributed by atoms with Gasteiger partial charge in [0.25, 0.3) is 0 Å². The zero-order chi connectivity index (χ0) is 35.3. The lowest BCUT2D eigenvalue weighted by Crippen LogP contribution is -2.01. The van der Waals surface area contributed by atoms with E-state index in [9.17, 15) is 0 Å². The molecule has 0 bridgehead atoms. The molecule has 54 heavy (non-hydrogen) atoms. The molecule has 0 spiro atoms. The maximum atomic E-state index is 5.46. The summed E-state index contributed by atoms with van der Waals surface area (Å²) in [6, 6.07) is 68.4. The molecule has 250 valence electrons. The molecular formula is C51H31N3. The summed E-state index contributed by atoms with van der Waals surface area (Å²) in [5.41, 5.74) is 11.5. The molecule has 0 amide bonds. The number of rotatable bonds is 3. The van der Waals surface area contributed by atoms with Crippen molar-refractivity contribution < 1.29 is 0 Å². The van der Waals surface area contributed by atoms with Gasteiger partial charge in [0, 0.05) is 21.5 Å². The lowest BCUT2D eigenvalue weighted by atomic mass is 9.84. The summed E-state index contributed by atoms with van der Waals surface area (Å²) >= 11 is 0. The van der Waals surface area contributed by atoms with Crippen LogP contribution in [0.2, 0.25) is 0 Å². The zero-order valence-corrected chi connectivity index (χ0v) is 29.2. The van der Waals surface area contributed by atoms with Crippen molar-refractivity contribution in [1.82, 2.24) is 14.0 Å². The van der Waals surface area contributed by atoms with Crippen LogP contribution >= 0.6 is 0 Å². The van der Waals surface area contributed by atoms with Crippen LogP contribution in [-0.2, 0) is 0 Å². The van der Waals surface area contributed by atoms with Crippen LogP contribution in [0.3, 0.4) is 0 Å². The van der Waals surface area contributed by atoms with E-state index in [1.807, 2.05) is 0 Å². The first kappa shape index (κ1) is 29.4. The highest BCUT2D eigenvalue weighted by Gasteiger charge is 2.24. The normalized spacial score (nSPS) is 12.1. The highest BCUT2D eigenvalue weighted by molar-refractivity contribution is 6.24. The van der Waals surface area contributed by atoms with E-state index in [-0.39, 0.29) is 0 Å². The van der Waals surface area contributed by atoms with Crippen LogP contribution in [0.25, 0.3) is 110 Å². The lowest BCUT2D eigenvalue weighted by Gasteiger charge is -2.20. The van der Waals surface area contributed by atoms with E-state index in [0.717, 1.165) is 44.3 Å². The van der Waals surface area contributed by atoms with Gasteiger partial charge in [-0.15, -0.1) is 0 Å². The second kappa shape index (κ2) is 11.1. The molecule has 0 saturated carbocycles. The summed E-state index contributed by atoms with van der Waals surface area (Å²) in [6.45, 7) is 0. The quantitative estimate of drug-likeness (QED) is 0.134. The van der Waals surface area contributed by atoms with Gasteiger partial charge < -0.3 is 0 Å². The first-order valence-corrected chi connectivity index (χ1v) is 18.6. The highest BCUT2D eigenvalue weighted by atomic mass is 15.2. The van der Waals surface area contributed by atoms with Gasteiger partial charge in [-0.2, -0.15) is 0 Å². The minimum atomic E-state index is 0.978. The molecule has 0 saturated heterocycles. The average molecular weight is 686 g/mol. The van der Waals surface area contributed by atoms with Crippen LogP contribution in [-0.4, -0.2) is 14.0 Å². The third-order valence-corrected chi connectivity index (χ3v) is 11.5. The molecule has 0 atom stereocenters. The summed E-state index contributed by atoms with van der Waals surface area (Å²) < 4.78 is 4.84. The van der Waals surface area contributed by atoms with Crippen LogP contribution in [0.1, 0.15) is 0 Å². The minimum Gasteiger partial charge on any atom is -0.293 e. The van der Waals surface area contributed by atoms with E-state index in [0.29, 0.717) is 0 Å². The third kappa shape index (κ3) is 3.93.